The summed E-state index contributed by atoms with van der Waals surface area (Å²) in [7, 11) is -8.99. The topological polar surface area (TPSA) is 164 Å². The van der Waals surface area contributed by atoms with E-state index in [-0.39, 0.29) is 50.6 Å². The lowest BCUT2D eigenvalue weighted by atomic mass is 10.2. The highest BCUT2D eigenvalue weighted by Crippen LogP contribution is 2.15. The molecule has 0 aromatic carbocycles. The highest BCUT2D eigenvalue weighted by Gasteiger charge is 2.28. The third-order valence-corrected chi connectivity index (χ3v) is 8.20. The number of quaternary nitrogens is 1. The molecule has 0 aliphatic rings. The summed E-state index contributed by atoms with van der Waals surface area (Å²) in [4.78, 5) is 10.5. The molecule has 0 saturated carbocycles. The minimum Gasteiger partial charge on any atom is -0.481 e. The van der Waals surface area contributed by atoms with Gasteiger partial charge in [-0.2, -0.15) is 16.8 Å². The molecule has 0 heterocycles. The second-order valence-electron chi connectivity index (χ2n) is 8.42. The molecule has 0 atom stereocenters. The van der Waals surface area contributed by atoms with Crippen molar-refractivity contribution < 1.29 is 49.8 Å². The summed E-state index contributed by atoms with van der Waals surface area (Å²) in [6.07, 6.45) is 1.28. The van der Waals surface area contributed by atoms with Crippen LogP contribution in [0.5, 0.6) is 0 Å². The van der Waals surface area contributed by atoms with E-state index in [0.29, 0.717) is 30.7 Å². The minimum atomic E-state index is -4.10. The largest absolute Gasteiger partial charge is 0.481 e. The van der Waals surface area contributed by atoms with Gasteiger partial charge in [0.25, 0.3) is 20.2 Å². The van der Waals surface area contributed by atoms with Crippen LogP contribution < -0.4 is 0 Å². The van der Waals surface area contributed by atoms with Crippen LogP contribution in [0, 0.1) is 0 Å². The van der Waals surface area contributed by atoms with E-state index >= 15 is 0 Å². The molecule has 0 saturated heterocycles. The Morgan fingerprint density at radius 3 is 1.69 bits per heavy atom. The van der Waals surface area contributed by atoms with Gasteiger partial charge in [-0.3, -0.25) is 13.9 Å². The van der Waals surface area contributed by atoms with Gasteiger partial charge in [0.1, 0.15) is 6.54 Å². The van der Waals surface area contributed by atoms with Crippen molar-refractivity contribution in [2.24, 2.45) is 0 Å². The highest BCUT2D eigenvalue weighted by atomic mass is 32.2. The summed E-state index contributed by atoms with van der Waals surface area (Å²) in [6, 6.07) is 1.09. The van der Waals surface area contributed by atoms with Crippen molar-refractivity contribution in [3.8, 4) is 0 Å². The maximum atomic E-state index is 11.2. The molecule has 0 radical (unpaired) electrons. The zero-order valence-electron chi connectivity index (χ0n) is 19.1. The number of aliphatic carboxylic acids is 1. The fourth-order valence-electron chi connectivity index (χ4n) is 3.41. The average Bonchev–Trinajstić information content (AvgIpc) is 2.61. The first-order chi connectivity index (χ1) is 14.7. The number of rotatable bonds is 21. The first-order valence-corrected chi connectivity index (χ1v) is 17.2. The average molecular weight is 523 g/mol. The normalized spacial score (nSPS) is 13.0. The van der Waals surface area contributed by atoms with Crippen molar-refractivity contribution in [3.63, 3.8) is 0 Å². The number of hydrogen-bond acceptors (Lipinski definition) is 7. The van der Waals surface area contributed by atoms with Crippen molar-refractivity contribution in [2.75, 3.05) is 64.1 Å². The van der Waals surface area contributed by atoms with Gasteiger partial charge in [0, 0.05) is 21.6 Å². The van der Waals surface area contributed by atoms with Gasteiger partial charge in [0.05, 0.1) is 64.0 Å². The van der Waals surface area contributed by atoms with E-state index in [1.165, 1.54) is 0 Å². The maximum Gasteiger partial charge on any atom is 0.305 e. The van der Waals surface area contributed by atoms with Crippen LogP contribution in [0.2, 0.25) is 19.1 Å². The molecule has 11 nitrogen and oxygen atoms in total. The van der Waals surface area contributed by atoms with Gasteiger partial charge >= 0.3 is 5.97 Å². The fourth-order valence-corrected chi connectivity index (χ4v) is 5.40. The second kappa shape index (κ2) is 16.1. The van der Waals surface area contributed by atoms with Crippen LogP contribution in [0.25, 0.3) is 0 Å². The number of carboxylic acids is 1. The summed E-state index contributed by atoms with van der Waals surface area (Å²) in [5.41, 5.74) is 0. The van der Waals surface area contributed by atoms with Crippen molar-refractivity contribution >= 4 is 35.0 Å². The SMILES string of the molecule is C[SiH](C)CCC[N+](CCCS(=O)(=O)O)(CCCS(=O)(=O)O)CCOCCOCCC(=O)O. The molecule has 0 fully saturated rings. The number of carbonyl (C=O) groups is 1. The number of carboxylic acid groups (broad SMARTS) is 1. The molecule has 0 rings (SSSR count). The molecule has 0 unspecified atom stereocenters. The quantitative estimate of drug-likeness (QED) is 0.0847. The van der Waals surface area contributed by atoms with E-state index in [1.807, 2.05) is 0 Å². The van der Waals surface area contributed by atoms with E-state index in [0.717, 1.165) is 19.0 Å². The van der Waals surface area contributed by atoms with E-state index in [2.05, 4.69) is 13.1 Å². The van der Waals surface area contributed by atoms with Gasteiger partial charge in [0.15, 0.2) is 0 Å². The lowest BCUT2D eigenvalue weighted by molar-refractivity contribution is -0.928. The van der Waals surface area contributed by atoms with Crippen molar-refractivity contribution in [3.05, 3.63) is 0 Å². The Kier molecular flexibility index (Phi) is 15.8. The fraction of sp³-hybridized carbons (Fsp3) is 0.944. The Morgan fingerprint density at radius 1 is 0.781 bits per heavy atom. The molecule has 0 aliphatic heterocycles. The van der Waals surface area contributed by atoms with Crippen LogP contribution in [0.15, 0.2) is 0 Å². The van der Waals surface area contributed by atoms with Crippen molar-refractivity contribution in [1.29, 1.82) is 0 Å². The predicted molar refractivity (Wildman–Crippen MR) is 124 cm³/mol. The van der Waals surface area contributed by atoms with E-state index in [9.17, 15) is 21.6 Å². The summed E-state index contributed by atoms with van der Waals surface area (Å²) in [6.45, 7) is 7.53. The summed E-state index contributed by atoms with van der Waals surface area (Å²) in [5, 5.41) is 8.57. The van der Waals surface area contributed by atoms with Gasteiger partial charge in [0.2, 0.25) is 0 Å². The molecule has 3 N–H and O–H groups in total. The summed E-state index contributed by atoms with van der Waals surface area (Å²) >= 11 is 0. The minimum absolute atomic E-state index is 0.0826. The molecule has 0 bridgehead atoms. The van der Waals surface area contributed by atoms with Gasteiger partial charge < -0.3 is 19.1 Å². The molecule has 0 aliphatic carbocycles. The molecule has 14 heteroatoms. The Labute approximate surface area is 193 Å². The van der Waals surface area contributed by atoms with Crippen LogP contribution in [-0.2, 0) is 34.5 Å². The molecule has 0 aromatic rings. The number of nitrogens with zero attached hydrogens (tertiary/aromatic N) is 1. The zero-order chi connectivity index (χ0) is 24.7. The molecule has 32 heavy (non-hydrogen) atoms. The van der Waals surface area contributed by atoms with Crippen LogP contribution in [-0.4, -0.2) is 114 Å². The van der Waals surface area contributed by atoms with Crippen LogP contribution >= 0.6 is 0 Å². The first kappa shape index (κ1) is 31.4. The van der Waals surface area contributed by atoms with E-state index < -0.39 is 35.0 Å². The third kappa shape index (κ3) is 20.0. The molecule has 0 amide bonds. The molecule has 0 spiro atoms. The Balaban J connectivity index is 4.95. The monoisotopic (exact) mass is 522 g/mol. The smallest absolute Gasteiger partial charge is 0.305 e. The Morgan fingerprint density at radius 2 is 1.25 bits per heavy atom. The lowest BCUT2D eigenvalue weighted by Gasteiger charge is -2.39. The van der Waals surface area contributed by atoms with Crippen molar-refractivity contribution in [1.82, 2.24) is 0 Å². The highest BCUT2D eigenvalue weighted by molar-refractivity contribution is 7.86. The third-order valence-electron chi connectivity index (χ3n) is 5.03. The molecule has 192 valence electrons. The van der Waals surface area contributed by atoms with Crippen LogP contribution in [0.4, 0.5) is 0 Å². The van der Waals surface area contributed by atoms with Gasteiger partial charge in [-0.1, -0.05) is 19.1 Å². The predicted octanol–water partition coefficient (Wildman–Crippen LogP) is 0.744. The zero-order valence-corrected chi connectivity index (χ0v) is 21.9. The van der Waals surface area contributed by atoms with Crippen LogP contribution in [0.1, 0.15) is 25.7 Å². The number of hydrogen-bond donors (Lipinski definition) is 3. The molecular formula is C18H40NO10S2Si+. The summed E-state index contributed by atoms with van der Waals surface area (Å²) < 4.78 is 74.0. The van der Waals surface area contributed by atoms with E-state index in [4.69, 9.17) is 23.7 Å². The van der Waals surface area contributed by atoms with Gasteiger partial charge in [-0.25, -0.2) is 0 Å². The van der Waals surface area contributed by atoms with Gasteiger partial charge in [-0.05, 0) is 6.42 Å². The van der Waals surface area contributed by atoms with Gasteiger partial charge in [-0.15, -0.1) is 0 Å². The maximum absolute atomic E-state index is 11.2. The Bertz CT molecular complexity index is 690. The number of ether oxygens (including phenoxy) is 2. The van der Waals surface area contributed by atoms with Crippen LogP contribution in [0.3, 0.4) is 0 Å². The first-order valence-electron chi connectivity index (χ1n) is 10.9. The standard InChI is InChI=1S/C18H39NO10S2Si/c1-32(2)17-5-9-19(7-3-15-30(22,23)24,8-4-16-31(25,26)27)10-12-29-14-13-28-11-6-18(20)21/h32H,3-17H2,1-2H3,(H2-,20,21,22,23,24,25,26,27)/p+1. The van der Waals surface area contributed by atoms with Crippen molar-refractivity contribution in [2.45, 2.75) is 44.8 Å². The Hall–Kier alpha value is -0.613. The lowest BCUT2D eigenvalue weighted by Crippen LogP contribution is -2.53. The van der Waals surface area contributed by atoms with E-state index in [1.54, 1.807) is 0 Å². The molecule has 0 aromatic heterocycles. The second-order valence-corrected chi connectivity index (χ2v) is 14.9. The summed E-state index contributed by atoms with van der Waals surface area (Å²) in [5.74, 6) is -1.68. The molecular weight excluding hydrogens is 482 g/mol.